The van der Waals surface area contributed by atoms with Gasteiger partial charge in [-0.05, 0) is 27.1 Å². The number of guanidine groups is 1. The lowest BCUT2D eigenvalue weighted by Crippen LogP contribution is -2.24. The first-order valence-electron chi connectivity index (χ1n) is 3.49. The molecule has 0 bridgehead atoms. The molecule has 0 aliphatic heterocycles. The lowest BCUT2D eigenvalue weighted by Gasteiger charge is -2.08. The Bertz CT molecular complexity index is 123. The number of nitrogens with one attached hydrogen (secondary N) is 2. The predicted octanol–water partition coefficient (Wildman–Crippen LogP) is 0.913. The van der Waals surface area contributed by atoms with Crippen molar-refractivity contribution in [2.75, 3.05) is 26.4 Å². The van der Waals surface area contributed by atoms with E-state index in [1.165, 1.54) is 11.9 Å². The molecule has 0 aromatic heterocycles. The molecule has 0 aliphatic carbocycles. The molecule has 0 unspecified atom stereocenters. The van der Waals surface area contributed by atoms with Crippen LogP contribution in [0.3, 0.4) is 0 Å². The third kappa shape index (κ3) is 18.9. The van der Waals surface area contributed by atoms with E-state index in [0.717, 1.165) is 18.7 Å². The SMILES string of the molecule is CN(C)CCCSNC(=N)N.Cl.Cl. The van der Waals surface area contributed by atoms with E-state index in [1.807, 2.05) is 14.1 Å². The van der Waals surface area contributed by atoms with E-state index < -0.39 is 0 Å². The summed E-state index contributed by atoms with van der Waals surface area (Å²) in [5.41, 5.74) is 5.08. The molecule has 0 rings (SSSR count). The maximum absolute atomic E-state index is 6.85. The zero-order valence-corrected chi connectivity index (χ0v) is 10.3. The molecule has 13 heavy (non-hydrogen) atoms. The molecule has 0 saturated carbocycles. The summed E-state index contributed by atoms with van der Waals surface area (Å²) < 4.78 is 2.68. The lowest BCUT2D eigenvalue weighted by molar-refractivity contribution is 0.410. The first-order valence-corrected chi connectivity index (χ1v) is 4.48. The average molecular weight is 249 g/mol. The van der Waals surface area contributed by atoms with Gasteiger partial charge in [0.1, 0.15) is 0 Å². The smallest absolute Gasteiger partial charge is 0.195 e. The first-order chi connectivity index (χ1) is 5.13. The number of hydrogen-bond acceptors (Lipinski definition) is 3. The number of halogens is 2. The zero-order valence-electron chi connectivity index (χ0n) is 7.87. The van der Waals surface area contributed by atoms with Crippen molar-refractivity contribution in [2.45, 2.75) is 6.42 Å². The fraction of sp³-hybridized carbons (Fsp3) is 0.833. The van der Waals surface area contributed by atoms with Crippen molar-refractivity contribution in [3.05, 3.63) is 0 Å². The quantitative estimate of drug-likeness (QED) is 0.293. The van der Waals surface area contributed by atoms with Crippen LogP contribution >= 0.6 is 36.8 Å². The molecule has 0 aromatic carbocycles. The minimum absolute atomic E-state index is 0. The Hall–Kier alpha value is 0.160. The summed E-state index contributed by atoms with van der Waals surface area (Å²) in [5, 5.41) is 6.85. The van der Waals surface area contributed by atoms with Crippen molar-refractivity contribution in [1.29, 1.82) is 5.41 Å². The van der Waals surface area contributed by atoms with Gasteiger partial charge in [-0.2, -0.15) is 0 Å². The third-order valence-corrected chi connectivity index (χ3v) is 1.89. The van der Waals surface area contributed by atoms with Crippen molar-refractivity contribution in [1.82, 2.24) is 9.62 Å². The Morgan fingerprint density at radius 2 is 2.00 bits per heavy atom. The standard InChI is InChI=1S/C6H16N4S.2ClH/c1-10(2)4-3-5-11-9-6(7)8;;/h3-5H2,1-2H3,(H4,7,8,9);2*1H. The Balaban J connectivity index is -0.000000500. The highest BCUT2D eigenvalue weighted by atomic mass is 35.5. The molecule has 0 fully saturated rings. The zero-order chi connectivity index (χ0) is 8.69. The highest BCUT2D eigenvalue weighted by Gasteiger charge is 1.91. The molecule has 82 valence electrons. The lowest BCUT2D eigenvalue weighted by atomic mass is 10.5. The Morgan fingerprint density at radius 3 is 2.38 bits per heavy atom. The summed E-state index contributed by atoms with van der Waals surface area (Å²) >= 11 is 1.48. The van der Waals surface area contributed by atoms with Gasteiger partial charge in [-0.15, -0.1) is 24.8 Å². The minimum Gasteiger partial charge on any atom is -0.369 e. The predicted molar refractivity (Wildman–Crippen MR) is 65.2 cm³/mol. The summed E-state index contributed by atoms with van der Waals surface area (Å²) in [7, 11) is 4.09. The highest BCUT2D eigenvalue weighted by Crippen LogP contribution is 1.95. The van der Waals surface area contributed by atoms with Crippen LogP contribution in [0.4, 0.5) is 0 Å². The van der Waals surface area contributed by atoms with Crippen LogP contribution in [-0.4, -0.2) is 37.3 Å². The van der Waals surface area contributed by atoms with E-state index in [9.17, 15) is 0 Å². The van der Waals surface area contributed by atoms with E-state index in [0.29, 0.717) is 0 Å². The Labute approximate surface area is 96.5 Å². The number of rotatable bonds is 5. The maximum Gasteiger partial charge on any atom is 0.195 e. The molecule has 0 saturated heterocycles. The molecule has 0 atom stereocenters. The van der Waals surface area contributed by atoms with Crippen LogP contribution in [0, 0.1) is 5.41 Å². The number of nitrogens with zero attached hydrogens (tertiary/aromatic N) is 1. The van der Waals surface area contributed by atoms with E-state index in [1.54, 1.807) is 0 Å². The van der Waals surface area contributed by atoms with Crippen LogP contribution in [0.2, 0.25) is 0 Å². The number of nitrogens with two attached hydrogens (primary N) is 1. The largest absolute Gasteiger partial charge is 0.369 e. The van der Waals surface area contributed by atoms with Crippen LogP contribution < -0.4 is 10.5 Å². The van der Waals surface area contributed by atoms with Gasteiger partial charge in [-0.3, -0.25) is 5.41 Å². The van der Waals surface area contributed by atoms with Crippen molar-refractivity contribution < 1.29 is 0 Å². The van der Waals surface area contributed by atoms with Gasteiger partial charge in [0.15, 0.2) is 5.96 Å². The molecule has 4 nitrogen and oxygen atoms in total. The number of hydrogen-bond donors (Lipinski definition) is 3. The molecule has 0 aliphatic rings. The molecule has 0 amide bonds. The molecule has 0 aromatic rings. The summed E-state index contributed by atoms with van der Waals surface area (Å²) in [5.74, 6) is 1.01. The molecular formula is C6H18Cl2N4S. The third-order valence-electron chi connectivity index (χ3n) is 1.03. The molecule has 0 heterocycles. The Kier molecular flexibility index (Phi) is 17.6. The minimum atomic E-state index is 0. The molecular weight excluding hydrogens is 231 g/mol. The summed E-state index contributed by atoms with van der Waals surface area (Å²) in [6, 6.07) is 0. The van der Waals surface area contributed by atoms with Gasteiger partial charge >= 0.3 is 0 Å². The van der Waals surface area contributed by atoms with Gasteiger partial charge in [0.2, 0.25) is 0 Å². The molecule has 0 radical (unpaired) electrons. The summed E-state index contributed by atoms with van der Waals surface area (Å²) in [6.45, 7) is 1.08. The van der Waals surface area contributed by atoms with Gasteiger partial charge in [0, 0.05) is 5.75 Å². The second kappa shape index (κ2) is 12.2. The van der Waals surface area contributed by atoms with E-state index in [-0.39, 0.29) is 30.8 Å². The second-order valence-electron chi connectivity index (χ2n) is 2.52. The van der Waals surface area contributed by atoms with Crippen LogP contribution in [0.15, 0.2) is 0 Å². The van der Waals surface area contributed by atoms with Crippen LogP contribution in [0.5, 0.6) is 0 Å². The first kappa shape index (κ1) is 18.9. The summed E-state index contributed by atoms with van der Waals surface area (Å²) in [6.07, 6.45) is 1.11. The summed E-state index contributed by atoms with van der Waals surface area (Å²) in [4.78, 5) is 2.13. The van der Waals surface area contributed by atoms with Crippen molar-refractivity contribution >= 4 is 42.7 Å². The second-order valence-corrected chi connectivity index (χ2v) is 3.42. The van der Waals surface area contributed by atoms with E-state index in [2.05, 4.69) is 9.62 Å². The van der Waals surface area contributed by atoms with E-state index >= 15 is 0 Å². The molecule has 4 N–H and O–H groups in total. The Morgan fingerprint density at radius 1 is 1.46 bits per heavy atom. The fourth-order valence-corrected chi connectivity index (χ4v) is 1.11. The molecule has 7 heteroatoms. The normalized spacial score (nSPS) is 8.54. The average Bonchev–Trinajstić information content (AvgIpc) is 1.85. The van der Waals surface area contributed by atoms with Gasteiger partial charge < -0.3 is 15.4 Å². The van der Waals surface area contributed by atoms with Crippen LogP contribution in [0.25, 0.3) is 0 Å². The van der Waals surface area contributed by atoms with Crippen molar-refractivity contribution in [2.24, 2.45) is 5.73 Å². The van der Waals surface area contributed by atoms with Gasteiger partial charge in [0.25, 0.3) is 0 Å². The fourth-order valence-electron chi connectivity index (χ4n) is 0.582. The van der Waals surface area contributed by atoms with Crippen LogP contribution in [-0.2, 0) is 0 Å². The monoisotopic (exact) mass is 248 g/mol. The van der Waals surface area contributed by atoms with Gasteiger partial charge in [-0.25, -0.2) is 0 Å². The van der Waals surface area contributed by atoms with Crippen molar-refractivity contribution in [3.8, 4) is 0 Å². The van der Waals surface area contributed by atoms with Crippen LogP contribution in [0.1, 0.15) is 6.42 Å². The van der Waals surface area contributed by atoms with Crippen molar-refractivity contribution in [3.63, 3.8) is 0 Å². The van der Waals surface area contributed by atoms with Gasteiger partial charge in [0.05, 0.1) is 0 Å². The maximum atomic E-state index is 6.85. The van der Waals surface area contributed by atoms with E-state index in [4.69, 9.17) is 11.1 Å². The molecule has 0 spiro atoms. The van der Waals surface area contributed by atoms with Gasteiger partial charge in [-0.1, -0.05) is 11.9 Å². The topological polar surface area (TPSA) is 65.1 Å². The highest BCUT2D eigenvalue weighted by molar-refractivity contribution is 7.97.